The van der Waals surface area contributed by atoms with E-state index in [1.807, 2.05) is 29.5 Å². The van der Waals surface area contributed by atoms with Gasteiger partial charge in [-0.3, -0.25) is 0 Å². The van der Waals surface area contributed by atoms with Gasteiger partial charge < -0.3 is 10.0 Å². The largest absolute Gasteiger partial charge is 0.488 e. The zero-order valence-electron chi connectivity index (χ0n) is 12.0. The van der Waals surface area contributed by atoms with Crippen molar-refractivity contribution in [2.75, 3.05) is 0 Å². The SMILES string of the molecule is OB(O)c1cccc(-c2cccc3c4c(sc23)CCC=C4)c1. The number of rotatable bonds is 2. The fraction of sp³-hybridized carbons (Fsp3) is 0.111. The van der Waals surface area contributed by atoms with Crippen LogP contribution >= 0.6 is 11.3 Å². The summed E-state index contributed by atoms with van der Waals surface area (Å²) in [4.78, 5) is 1.45. The lowest BCUT2D eigenvalue weighted by Crippen LogP contribution is -2.29. The van der Waals surface area contributed by atoms with E-state index in [4.69, 9.17) is 0 Å². The highest BCUT2D eigenvalue weighted by Crippen LogP contribution is 2.40. The number of hydrogen-bond donors (Lipinski definition) is 2. The lowest BCUT2D eigenvalue weighted by molar-refractivity contribution is 0.426. The smallest absolute Gasteiger partial charge is 0.423 e. The van der Waals surface area contributed by atoms with Crippen molar-refractivity contribution in [2.45, 2.75) is 12.8 Å². The van der Waals surface area contributed by atoms with Gasteiger partial charge in [0.05, 0.1) is 0 Å². The summed E-state index contributed by atoms with van der Waals surface area (Å²) in [5.74, 6) is 0. The van der Waals surface area contributed by atoms with Crippen LogP contribution in [0.4, 0.5) is 0 Å². The Morgan fingerprint density at radius 3 is 2.77 bits per heavy atom. The molecule has 2 nitrogen and oxygen atoms in total. The molecule has 1 heterocycles. The molecule has 0 bridgehead atoms. The predicted octanol–water partition coefficient (Wildman–Crippen LogP) is 3.21. The zero-order valence-corrected chi connectivity index (χ0v) is 12.8. The van der Waals surface area contributed by atoms with Crippen molar-refractivity contribution < 1.29 is 10.0 Å². The molecule has 4 heteroatoms. The van der Waals surface area contributed by atoms with Crippen LogP contribution < -0.4 is 5.46 Å². The maximum absolute atomic E-state index is 9.39. The van der Waals surface area contributed by atoms with Crippen LogP contribution in [0.2, 0.25) is 0 Å². The van der Waals surface area contributed by atoms with E-state index in [1.54, 1.807) is 6.07 Å². The number of aryl methyl sites for hydroxylation is 1. The molecule has 1 aliphatic rings. The van der Waals surface area contributed by atoms with Crippen molar-refractivity contribution in [3.8, 4) is 11.1 Å². The first-order chi connectivity index (χ1) is 10.7. The number of hydrogen-bond acceptors (Lipinski definition) is 3. The lowest BCUT2D eigenvalue weighted by Gasteiger charge is -2.06. The molecule has 0 atom stereocenters. The Hall–Kier alpha value is -1.88. The molecule has 2 N–H and O–H groups in total. The van der Waals surface area contributed by atoms with Crippen LogP contribution in [-0.4, -0.2) is 17.2 Å². The molecule has 0 radical (unpaired) electrons. The number of benzene rings is 2. The van der Waals surface area contributed by atoms with Crippen LogP contribution in [0.5, 0.6) is 0 Å². The van der Waals surface area contributed by atoms with Crippen LogP contribution in [0.1, 0.15) is 16.9 Å². The zero-order chi connectivity index (χ0) is 15.1. The molecule has 22 heavy (non-hydrogen) atoms. The third-order valence-corrected chi connectivity index (χ3v) is 5.46. The molecule has 0 spiro atoms. The normalized spacial score (nSPS) is 13.4. The van der Waals surface area contributed by atoms with E-state index in [9.17, 15) is 10.0 Å². The Morgan fingerprint density at radius 1 is 1.05 bits per heavy atom. The van der Waals surface area contributed by atoms with Crippen molar-refractivity contribution in [3.05, 3.63) is 59.0 Å². The standard InChI is InChI=1S/C18H15BO2S/c20-19(21)13-6-3-5-12(11-13)14-8-4-9-16-15-7-1-2-10-17(15)22-18(14)16/h1,3-9,11,20-21H,2,10H2. The Morgan fingerprint density at radius 2 is 1.91 bits per heavy atom. The van der Waals surface area contributed by atoms with Gasteiger partial charge in [0.15, 0.2) is 0 Å². The van der Waals surface area contributed by atoms with E-state index in [0.29, 0.717) is 5.46 Å². The van der Waals surface area contributed by atoms with Crippen LogP contribution in [0.25, 0.3) is 27.3 Å². The second-order valence-corrected chi connectivity index (χ2v) is 6.67. The summed E-state index contributed by atoms with van der Waals surface area (Å²) in [5.41, 5.74) is 4.06. The van der Waals surface area contributed by atoms with Crippen LogP contribution in [0.15, 0.2) is 48.5 Å². The molecule has 0 saturated heterocycles. The molecule has 3 aromatic rings. The molecule has 1 aliphatic carbocycles. The van der Waals surface area contributed by atoms with E-state index in [2.05, 4.69) is 30.4 Å². The summed E-state index contributed by atoms with van der Waals surface area (Å²) in [6.45, 7) is 0. The van der Waals surface area contributed by atoms with Gasteiger partial charge in [0.25, 0.3) is 0 Å². The number of fused-ring (bicyclic) bond motifs is 3. The van der Waals surface area contributed by atoms with E-state index in [-0.39, 0.29) is 0 Å². The second-order valence-electron chi connectivity index (χ2n) is 5.56. The Balaban J connectivity index is 1.94. The van der Waals surface area contributed by atoms with Crippen LogP contribution in [-0.2, 0) is 6.42 Å². The molecule has 1 aromatic heterocycles. The quantitative estimate of drug-likeness (QED) is 0.714. The van der Waals surface area contributed by atoms with Crippen LogP contribution in [0, 0.1) is 0 Å². The first kappa shape index (κ1) is 13.8. The van der Waals surface area contributed by atoms with Gasteiger partial charge in [-0.2, -0.15) is 0 Å². The van der Waals surface area contributed by atoms with Gasteiger partial charge in [0, 0.05) is 15.0 Å². The molecular formula is C18H15BO2S. The highest BCUT2D eigenvalue weighted by atomic mass is 32.1. The van der Waals surface area contributed by atoms with Gasteiger partial charge in [-0.05, 0) is 35.0 Å². The Kier molecular flexibility index (Phi) is 3.38. The molecule has 2 aromatic carbocycles. The molecule has 0 unspecified atom stereocenters. The van der Waals surface area contributed by atoms with Crippen molar-refractivity contribution in [3.63, 3.8) is 0 Å². The minimum absolute atomic E-state index is 0.524. The van der Waals surface area contributed by atoms with Gasteiger partial charge in [0.2, 0.25) is 0 Å². The fourth-order valence-corrected chi connectivity index (χ4v) is 4.40. The predicted molar refractivity (Wildman–Crippen MR) is 94.4 cm³/mol. The van der Waals surface area contributed by atoms with E-state index >= 15 is 0 Å². The maximum Gasteiger partial charge on any atom is 0.488 e. The van der Waals surface area contributed by atoms with Gasteiger partial charge in [-0.1, -0.05) is 54.6 Å². The van der Waals surface area contributed by atoms with Crippen molar-refractivity contribution in [1.29, 1.82) is 0 Å². The number of allylic oxidation sites excluding steroid dienone is 1. The van der Waals surface area contributed by atoms with Gasteiger partial charge in [0.1, 0.15) is 0 Å². The van der Waals surface area contributed by atoms with Crippen molar-refractivity contribution >= 4 is 40.1 Å². The minimum atomic E-state index is -1.43. The van der Waals surface area contributed by atoms with E-state index in [1.165, 1.54) is 20.5 Å². The highest BCUT2D eigenvalue weighted by Gasteiger charge is 2.16. The molecule has 0 aliphatic heterocycles. The summed E-state index contributed by atoms with van der Waals surface area (Å²) in [7, 11) is -1.43. The van der Waals surface area contributed by atoms with Gasteiger partial charge >= 0.3 is 7.12 Å². The highest BCUT2D eigenvalue weighted by molar-refractivity contribution is 7.20. The van der Waals surface area contributed by atoms with Gasteiger partial charge in [-0.25, -0.2) is 0 Å². The molecule has 108 valence electrons. The maximum atomic E-state index is 9.39. The lowest BCUT2D eigenvalue weighted by atomic mass is 9.79. The summed E-state index contributed by atoms with van der Waals surface area (Å²) >= 11 is 1.86. The molecule has 0 amide bonds. The van der Waals surface area contributed by atoms with Crippen LogP contribution in [0.3, 0.4) is 0 Å². The Bertz CT molecular complexity index is 880. The molecule has 0 saturated carbocycles. The van der Waals surface area contributed by atoms with E-state index in [0.717, 1.165) is 24.0 Å². The van der Waals surface area contributed by atoms with E-state index < -0.39 is 7.12 Å². The number of thiophene rings is 1. The van der Waals surface area contributed by atoms with Crippen molar-refractivity contribution in [1.82, 2.24) is 0 Å². The average molecular weight is 306 g/mol. The first-order valence-electron chi connectivity index (χ1n) is 7.41. The summed E-state index contributed by atoms with van der Waals surface area (Å²) < 4.78 is 1.28. The second kappa shape index (κ2) is 5.40. The molecule has 4 rings (SSSR count). The molecule has 0 fully saturated rings. The van der Waals surface area contributed by atoms with Crippen molar-refractivity contribution in [2.24, 2.45) is 0 Å². The third-order valence-electron chi connectivity index (χ3n) is 4.15. The first-order valence-corrected chi connectivity index (χ1v) is 8.23. The van der Waals surface area contributed by atoms with Gasteiger partial charge in [-0.15, -0.1) is 11.3 Å². The average Bonchev–Trinajstić information content (AvgIpc) is 2.93. The monoisotopic (exact) mass is 306 g/mol. The molecular weight excluding hydrogens is 291 g/mol. The summed E-state index contributed by atoms with van der Waals surface area (Å²) in [6, 6.07) is 13.8. The fourth-order valence-electron chi connectivity index (χ4n) is 3.07. The Labute approximate surface area is 133 Å². The summed E-state index contributed by atoms with van der Waals surface area (Å²) in [6.07, 6.45) is 6.70. The topological polar surface area (TPSA) is 40.5 Å². The minimum Gasteiger partial charge on any atom is -0.423 e. The third kappa shape index (κ3) is 2.20. The summed E-state index contributed by atoms with van der Waals surface area (Å²) in [5, 5.41) is 20.1.